The zero-order valence-corrected chi connectivity index (χ0v) is 19.6. The van der Waals surface area contributed by atoms with Crippen molar-refractivity contribution >= 4 is 27.3 Å². The monoisotopic (exact) mass is 488 g/mol. The van der Waals surface area contributed by atoms with Gasteiger partial charge in [-0.3, -0.25) is 4.79 Å². The number of carbonyl (C=O) groups is 1. The third-order valence-corrected chi connectivity index (χ3v) is 8.86. The number of carbonyl (C=O) groups excluding carboxylic acids is 1. The summed E-state index contributed by atoms with van der Waals surface area (Å²) in [5.74, 6) is -0.226. The van der Waals surface area contributed by atoms with Gasteiger partial charge in [-0.25, -0.2) is 12.8 Å². The van der Waals surface area contributed by atoms with Crippen LogP contribution in [-0.4, -0.2) is 31.7 Å². The number of benzene rings is 2. The lowest BCUT2D eigenvalue weighted by Gasteiger charge is -2.25. The van der Waals surface area contributed by atoms with Gasteiger partial charge in [-0.15, -0.1) is 11.3 Å². The lowest BCUT2D eigenvalue weighted by Crippen LogP contribution is -2.35. The van der Waals surface area contributed by atoms with Crippen molar-refractivity contribution in [1.82, 2.24) is 9.62 Å². The van der Waals surface area contributed by atoms with Crippen LogP contribution in [0.2, 0.25) is 0 Å². The van der Waals surface area contributed by atoms with Gasteiger partial charge in [0.05, 0.1) is 12.1 Å². The van der Waals surface area contributed by atoms with Crippen molar-refractivity contribution in [3.63, 3.8) is 0 Å². The lowest BCUT2D eigenvalue weighted by molar-refractivity contribution is 0.0946. The number of piperidine rings is 1. The Morgan fingerprint density at radius 3 is 2.48 bits per heavy atom. The highest BCUT2D eigenvalue weighted by Gasteiger charge is 2.27. The molecule has 9 heteroatoms. The van der Waals surface area contributed by atoms with Crippen molar-refractivity contribution in [1.29, 1.82) is 0 Å². The maximum absolute atomic E-state index is 13.1. The molecule has 1 saturated heterocycles. The molecule has 0 radical (unpaired) electrons. The zero-order valence-electron chi connectivity index (χ0n) is 18.0. The summed E-state index contributed by atoms with van der Waals surface area (Å²) in [6, 6.07) is 16.2. The number of amides is 1. The molecule has 0 aliphatic carbocycles. The Morgan fingerprint density at radius 2 is 1.73 bits per heavy atom. The van der Waals surface area contributed by atoms with Crippen molar-refractivity contribution in [2.45, 2.75) is 36.6 Å². The van der Waals surface area contributed by atoms with E-state index in [4.69, 9.17) is 4.74 Å². The van der Waals surface area contributed by atoms with Crippen molar-refractivity contribution in [3.8, 4) is 5.75 Å². The van der Waals surface area contributed by atoms with Crippen LogP contribution in [0, 0.1) is 5.82 Å². The van der Waals surface area contributed by atoms with E-state index in [2.05, 4.69) is 5.32 Å². The average Bonchev–Trinajstić information content (AvgIpc) is 3.33. The lowest BCUT2D eigenvalue weighted by atomic mass is 10.2. The molecular weight excluding hydrogens is 463 g/mol. The van der Waals surface area contributed by atoms with Crippen molar-refractivity contribution in [2.75, 3.05) is 13.1 Å². The first kappa shape index (κ1) is 23.4. The first-order valence-corrected chi connectivity index (χ1v) is 13.0. The van der Waals surface area contributed by atoms with Crippen molar-refractivity contribution < 1.29 is 22.3 Å². The van der Waals surface area contributed by atoms with Crippen LogP contribution in [0.1, 0.15) is 40.1 Å². The molecule has 1 N–H and O–H groups in total. The number of sulfonamides is 1. The van der Waals surface area contributed by atoms with E-state index in [9.17, 15) is 17.6 Å². The van der Waals surface area contributed by atoms with Gasteiger partial charge in [0, 0.05) is 18.0 Å². The average molecular weight is 489 g/mol. The van der Waals surface area contributed by atoms with Gasteiger partial charge in [-0.05, 0) is 54.8 Å². The highest BCUT2D eigenvalue weighted by Crippen LogP contribution is 2.27. The third-order valence-electron chi connectivity index (χ3n) is 5.41. The van der Waals surface area contributed by atoms with E-state index in [0.717, 1.165) is 29.7 Å². The van der Waals surface area contributed by atoms with E-state index >= 15 is 0 Å². The second kappa shape index (κ2) is 10.5. The summed E-state index contributed by atoms with van der Waals surface area (Å²) in [5.41, 5.74) is 1.16. The molecule has 0 saturated carbocycles. The van der Waals surface area contributed by atoms with Gasteiger partial charge in [0.25, 0.3) is 15.9 Å². The molecule has 33 heavy (non-hydrogen) atoms. The van der Waals surface area contributed by atoms with Crippen LogP contribution in [0.15, 0.2) is 64.9 Å². The zero-order chi connectivity index (χ0) is 23.3. The maximum Gasteiger partial charge on any atom is 0.255 e. The second-order valence-corrected chi connectivity index (χ2v) is 11.1. The molecule has 2 heterocycles. The fourth-order valence-corrected chi connectivity index (χ4v) is 6.58. The van der Waals surface area contributed by atoms with Gasteiger partial charge < -0.3 is 10.1 Å². The van der Waals surface area contributed by atoms with Gasteiger partial charge >= 0.3 is 0 Å². The Labute approximate surface area is 197 Å². The molecular formula is C24H25FN2O4S2. The number of hydrogen-bond donors (Lipinski definition) is 1. The van der Waals surface area contributed by atoms with Crippen LogP contribution >= 0.6 is 11.3 Å². The van der Waals surface area contributed by atoms with Gasteiger partial charge in [0.1, 0.15) is 22.4 Å². The Bertz CT molecular complexity index is 1200. The van der Waals surface area contributed by atoms with Crippen LogP contribution in [0.25, 0.3) is 0 Å². The molecule has 1 amide bonds. The number of rotatable bonds is 8. The minimum absolute atomic E-state index is 0.202. The normalized spacial score (nSPS) is 14.7. The molecule has 6 nitrogen and oxygen atoms in total. The van der Waals surface area contributed by atoms with Gasteiger partial charge in [-0.1, -0.05) is 30.7 Å². The molecule has 174 valence electrons. The second-order valence-electron chi connectivity index (χ2n) is 7.78. The minimum Gasteiger partial charge on any atom is -0.488 e. The summed E-state index contributed by atoms with van der Waals surface area (Å²) >= 11 is 1.18. The molecule has 0 unspecified atom stereocenters. The molecule has 3 aromatic rings. The molecule has 1 aromatic heterocycles. The summed E-state index contributed by atoms with van der Waals surface area (Å²) in [4.78, 5) is 13.5. The SMILES string of the molecule is O=C(NCc1ccc(S(=O)(=O)N2CCCCC2)s1)c1ccccc1OCc1ccc(F)cc1. The summed E-state index contributed by atoms with van der Waals surface area (Å²) in [5, 5.41) is 2.84. The highest BCUT2D eigenvalue weighted by atomic mass is 32.2. The summed E-state index contributed by atoms with van der Waals surface area (Å²) in [7, 11) is -3.48. The highest BCUT2D eigenvalue weighted by molar-refractivity contribution is 7.91. The molecule has 1 aliphatic heterocycles. The quantitative estimate of drug-likeness (QED) is 0.504. The number of para-hydroxylation sites is 1. The van der Waals surface area contributed by atoms with Crippen LogP contribution in [0.5, 0.6) is 5.75 Å². The van der Waals surface area contributed by atoms with Gasteiger partial charge in [0.2, 0.25) is 0 Å². The minimum atomic E-state index is -3.48. The standard InChI is InChI=1S/C24H25FN2O4S2/c25-19-10-8-18(9-11-19)17-31-22-7-3-2-6-21(22)24(28)26-16-20-12-13-23(32-20)33(29,30)27-14-4-1-5-15-27/h2-3,6-13H,1,4-5,14-17H2,(H,26,28). The van der Waals surface area contributed by atoms with E-state index < -0.39 is 10.0 Å². The smallest absolute Gasteiger partial charge is 0.255 e. The first-order valence-electron chi connectivity index (χ1n) is 10.8. The predicted octanol–water partition coefficient (Wildman–Crippen LogP) is 4.57. The van der Waals surface area contributed by atoms with E-state index in [1.807, 2.05) is 0 Å². The molecule has 0 atom stereocenters. The third kappa shape index (κ3) is 5.79. The van der Waals surface area contributed by atoms with Gasteiger partial charge in [-0.2, -0.15) is 4.31 Å². The topological polar surface area (TPSA) is 75.7 Å². The number of hydrogen-bond acceptors (Lipinski definition) is 5. The summed E-state index contributed by atoms with van der Waals surface area (Å²) < 4.78 is 46.4. The van der Waals surface area contributed by atoms with Crippen LogP contribution < -0.4 is 10.1 Å². The fraction of sp³-hybridized carbons (Fsp3) is 0.292. The number of ether oxygens (including phenoxy) is 1. The number of nitrogens with one attached hydrogen (secondary N) is 1. The van der Waals surface area contributed by atoms with Crippen LogP contribution in [-0.2, 0) is 23.2 Å². The van der Waals surface area contributed by atoms with Crippen molar-refractivity contribution in [3.05, 3.63) is 82.5 Å². The predicted molar refractivity (Wildman–Crippen MR) is 125 cm³/mol. The van der Waals surface area contributed by atoms with E-state index in [1.165, 1.54) is 23.5 Å². The molecule has 4 rings (SSSR count). The number of nitrogens with zero attached hydrogens (tertiary/aromatic N) is 1. The fourth-order valence-electron chi connectivity index (χ4n) is 3.61. The Balaban J connectivity index is 1.38. The summed E-state index contributed by atoms with van der Waals surface area (Å²) in [6.45, 7) is 1.53. The molecule has 2 aromatic carbocycles. The van der Waals surface area contributed by atoms with Crippen molar-refractivity contribution in [2.24, 2.45) is 0 Å². The molecule has 0 spiro atoms. The number of halogens is 1. The van der Waals surface area contributed by atoms with Gasteiger partial charge in [0.15, 0.2) is 0 Å². The largest absolute Gasteiger partial charge is 0.488 e. The van der Waals surface area contributed by atoms with Crippen LogP contribution in [0.4, 0.5) is 4.39 Å². The molecule has 1 fully saturated rings. The summed E-state index contributed by atoms with van der Waals surface area (Å²) in [6.07, 6.45) is 2.83. The maximum atomic E-state index is 13.1. The van der Waals surface area contributed by atoms with E-state index in [1.54, 1.807) is 52.8 Å². The number of thiophene rings is 1. The Hall–Kier alpha value is -2.75. The Kier molecular flexibility index (Phi) is 7.42. The molecule has 1 aliphatic rings. The van der Waals surface area contributed by atoms with Crippen LogP contribution in [0.3, 0.4) is 0 Å². The Morgan fingerprint density at radius 1 is 1.00 bits per heavy atom. The first-order chi connectivity index (χ1) is 15.9. The van der Waals surface area contributed by atoms with E-state index in [-0.39, 0.29) is 24.9 Å². The van der Waals surface area contributed by atoms with E-state index in [0.29, 0.717) is 28.6 Å². The molecule has 0 bridgehead atoms.